The summed E-state index contributed by atoms with van der Waals surface area (Å²) in [7, 11) is 0. The summed E-state index contributed by atoms with van der Waals surface area (Å²) in [6.07, 6.45) is 2.94. The molecule has 6 heteroatoms. The van der Waals surface area contributed by atoms with Crippen molar-refractivity contribution in [3.05, 3.63) is 0 Å². The Bertz CT molecular complexity index is 317. The Labute approximate surface area is 99.6 Å². The molecule has 0 aromatic rings. The van der Waals surface area contributed by atoms with Gasteiger partial charge in [-0.05, 0) is 12.8 Å². The molecule has 1 fully saturated rings. The van der Waals surface area contributed by atoms with Crippen LogP contribution < -0.4 is 11.1 Å². The van der Waals surface area contributed by atoms with E-state index < -0.39 is 23.7 Å². The predicted molar refractivity (Wildman–Crippen MR) is 59.9 cm³/mol. The van der Waals surface area contributed by atoms with Crippen molar-refractivity contribution < 1.29 is 19.5 Å². The fraction of sp³-hybridized carbons (Fsp3) is 0.727. The molecule has 0 aromatic heterocycles. The van der Waals surface area contributed by atoms with Crippen molar-refractivity contribution in [3.8, 4) is 0 Å². The smallest absolute Gasteiger partial charge is 0.307 e. The van der Waals surface area contributed by atoms with Crippen LogP contribution in [-0.2, 0) is 14.4 Å². The van der Waals surface area contributed by atoms with Crippen molar-refractivity contribution in [2.75, 3.05) is 6.54 Å². The number of nitrogens with one attached hydrogen (secondary N) is 1. The van der Waals surface area contributed by atoms with Gasteiger partial charge >= 0.3 is 5.97 Å². The van der Waals surface area contributed by atoms with Crippen LogP contribution in [0.4, 0.5) is 0 Å². The Morgan fingerprint density at radius 2 is 1.76 bits per heavy atom. The van der Waals surface area contributed by atoms with E-state index in [1.54, 1.807) is 0 Å². The fourth-order valence-electron chi connectivity index (χ4n) is 2.18. The summed E-state index contributed by atoms with van der Waals surface area (Å²) < 4.78 is 0. The van der Waals surface area contributed by atoms with Gasteiger partial charge in [-0.1, -0.05) is 12.8 Å². The minimum atomic E-state index is -0.917. The molecular formula is C11H18N2O4. The number of carboxylic acid groups (broad SMARTS) is 1. The maximum absolute atomic E-state index is 11.8. The highest BCUT2D eigenvalue weighted by atomic mass is 16.4. The van der Waals surface area contributed by atoms with E-state index >= 15 is 0 Å². The van der Waals surface area contributed by atoms with Crippen molar-refractivity contribution in [1.29, 1.82) is 0 Å². The first-order valence-electron chi connectivity index (χ1n) is 5.81. The number of carboxylic acids is 1. The number of hydrogen-bond donors (Lipinski definition) is 3. The van der Waals surface area contributed by atoms with Crippen molar-refractivity contribution >= 4 is 17.8 Å². The lowest BCUT2D eigenvalue weighted by molar-refractivity contribution is -0.149. The molecule has 0 aromatic carbocycles. The summed E-state index contributed by atoms with van der Waals surface area (Å²) in [4.78, 5) is 33.3. The molecule has 0 heterocycles. The molecule has 2 atom stereocenters. The SMILES string of the molecule is NC(=O)CCNC(=O)C1CCCCC1C(=O)O. The molecule has 0 radical (unpaired) electrons. The van der Waals surface area contributed by atoms with Gasteiger partial charge < -0.3 is 16.2 Å². The standard InChI is InChI=1S/C11H18N2O4/c12-9(14)5-6-13-10(15)7-3-1-2-4-8(7)11(16)17/h7-8H,1-6H2,(H2,12,14)(H,13,15)(H,16,17). The molecule has 2 unspecified atom stereocenters. The third-order valence-electron chi connectivity index (χ3n) is 3.09. The average Bonchev–Trinajstić information content (AvgIpc) is 2.28. The van der Waals surface area contributed by atoms with Crippen molar-refractivity contribution in [2.24, 2.45) is 17.6 Å². The summed E-state index contributed by atoms with van der Waals surface area (Å²) in [6, 6.07) is 0. The lowest BCUT2D eigenvalue weighted by atomic mass is 9.79. The molecule has 4 N–H and O–H groups in total. The van der Waals surface area contributed by atoms with Crippen molar-refractivity contribution in [3.63, 3.8) is 0 Å². The van der Waals surface area contributed by atoms with Crippen LogP contribution in [0.15, 0.2) is 0 Å². The highest BCUT2D eigenvalue weighted by molar-refractivity contribution is 5.85. The number of aliphatic carboxylic acids is 1. The molecular weight excluding hydrogens is 224 g/mol. The summed E-state index contributed by atoms with van der Waals surface area (Å²) in [5.41, 5.74) is 4.95. The first-order valence-corrected chi connectivity index (χ1v) is 5.81. The Hall–Kier alpha value is -1.59. The van der Waals surface area contributed by atoms with E-state index in [0.29, 0.717) is 12.8 Å². The van der Waals surface area contributed by atoms with Gasteiger partial charge in [-0.15, -0.1) is 0 Å². The monoisotopic (exact) mass is 242 g/mol. The number of carbonyl (C=O) groups is 3. The first-order chi connectivity index (χ1) is 8.02. The maximum atomic E-state index is 11.8. The van der Waals surface area contributed by atoms with Gasteiger partial charge in [0.25, 0.3) is 0 Å². The Morgan fingerprint density at radius 1 is 1.18 bits per heavy atom. The van der Waals surface area contributed by atoms with Gasteiger partial charge in [0.05, 0.1) is 11.8 Å². The van der Waals surface area contributed by atoms with E-state index in [-0.39, 0.29) is 18.9 Å². The summed E-state index contributed by atoms with van der Waals surface area (Å²) in [5.74, 6) is -2.76. The van der Waals surface area contributed by atoms with E-state index in [4.69, 9.17) is 10.8 Å². The van der Waals surface area contributed by atoms with Crippen LogP contribution in [0.25, 0.3) is 0 Å². The lowest BCUT2D eigenvalue weighted by Gasteiger charge is -2.27. The Balaban J connectivity index is 2.47. The number of nitrogens with two attached hydrogens (primary N) is 1. The molecule has 17 heavy (non-hydrogen) atoms. The lowest BCUT2D eigenvalue weighted by Crippen LogP contribution is -2.40. The molecule has 0 spiro atoms. The molecule has 96 valence electrons. The van der Waals surface area contributed by atoms with Crippen LogP contribution in [-0.4, -0.2) is 29.4 Å². The van der Waals surface area contributed by atoms with Gasteiger partial charge in [0.2, 0.25) is 11.8 Å². The molecule has 0 saturated heterocycles. The van der Waals surface area contributed by atoms with Gasteiger partial charge in [-0.25, -0.2) is 0 Å². The zero-order valence-corrected chi connectivity index (χ0v) is 9.65. The first kappa shape index (κ1) is 13.5. The second-order valence-electron chi connectivity index (χ2n) is 4.34. The number of rotatable bonds is 5. The molecule has 2 amide bonds. The minimum Gasteiger partial charge on any atom is -0.481 e. The fourth-order valence-corrected chi connectivity index (χ4v) is 2.18. The van der Waals surface area contributed by atoms with E-state index in [9.17, 15) is 14.4 Å². The van der Waals surface area contributed by atoms with Crippen molar-refractivity contribution in [2.45, 2.75) is 32.1 Å². The Morgan fingerprint density at radius 3 is 2.29 bits per heavy atom. The number of carbonyl (C=O) groups excluding carboxylic acids is 2. The third kappa shape index (κ3) is 4.05. The second-order valence-corrected chi connectivity index (χ2v) is 4.34. The van der Waals surface area contributed by atoms with Crippen LogP contribution in [0.2, 0.25) is 0 Å². The van der Waals surface area contributed by atoms with Crippen LogP contribution >= 0.6 is 0 Å². The topological polar surface area (TPSA) is 109 Å². The maximum Gasteiger partial charge on any atom is 0.307 e. The third-order valence-corrected chi connectivity index (χ3v) is 3.09. The molecule has 6 nitrogen and oxygen atoms in total. The van der Waals surface area contributed by atoms with E-state index in [0.717, 1.165) is 12.8 Å². The summed E-state index contributed by atoms with van der Waals surface area (Å²) >= 11 is 0. The van der Waals surface area contributed by atoms with Gasteiger partial charge in [0.15, 0.2) is 0 Å². The average molecular weight is 242 g/mol. The second kappa shape index (κ2) is 6.22. The van der Waals surface area contributed by atoms with E-state index in [2.05, 4.69) is 5.32 Å². The molecule has 0 aliphatic heterocycles. The normalized spacial score (nSPS) is 24.0. The number of amides is 2. The van der Waals surface area contributed by atoms with Crippen LogP contribution in [0.1, 0.15) is 32.1 Å². The van der Waals surface area contributed by atoms with Crippen LogP contribution in [0.3, 0.4) is 0 Å². The molecule has 1 rings (SSSR count). The van der Waals surface area contributed by atoms with Crippen LogP contribution in [0, 0.1) is 11.8 Å². The quantitative estimate of drug-likeness (QED) is 0.623. The largest absolute Gasteiger partial charge is 0.481 e. The van der Waals surface area contributed by atoms with Gasteiger partial charge in [-0.3, -0.25) is 14.4 Å². The van der Waals surface area contributed by atoms with Gasteiger partial charge in [0.1, 0.15) is 0 Å². The van der Waals surface area contributed by atoms with Gasteiger partial charge in [0, 0.05) is 13.0 Å². The Kier molecular flexibility index (Phi) is 4.93. The predicted octanol–water partition coefficient (Wildman–Crippen LogP) is -0.131. The highest BCUT2D eigenvalue weighted by Crippen LogP contribution is 2.30. The highest BCUT2D eigenvalue weighted by Gasteiger charge is 2.35. The van der Waals surface area contributed by atoms with Crippen molar-refractivity contribution in [1.82, 2.24) is 5.32 Å². The van der Waals surface area contributed by atoms with Crippen LogP contribution in [0.5, 0.6) is 0 Å². The molecule has 0 bridgehead atoms. The van der Waals surface area contributed by atoms with E-state index in [1.165, 1.54) is 0 Å². The molecule has 1 saturated carbocycles. The zero-order valence-electron chi connectivity index (χ0n) is 9.65. The number of hydrogen-bond acceptors (Lipinski definition) is 3. The summed E-state index contributed by atoms with van der Waals surface area (Å²) in [5, 5.41) is 11.6. The number of primary amides is 1. The van der Waals surface area contributed by atoms with Gasteiger partial charge in [-0.2, -0.15) is 0 Å². The van der Waals surface area contributed by atoms with E-state index in [1.807, 2.05) is 0 Å². The zero-order chi connectivity index (χ0) is 12.8. The summed E-state index contributed by atoms with van der Waals surface area (Å²) in [6.45, 7) is 0.178. The molecule has 1 aliphatic carbocycles. The molecule has 1 aliphatic rings. The minimum absolute atomic E-state index is 0.0796.